The quantitative estimate of drug-likeness (QED) is 0.294. The normalized spacial score (nSPS) is 11.1. The molecular formula is C30H38N8O2. The van der Waals surface area contributed by atoms with Gasteiger partial charge in [0.05, 0.1) is 40.0 Å². The van der Waals surface area contributed by atoms with Gasteiger partial charge in [-0.3, -0.25) is 14.3 Å². The van der Waals surface area contributed by atoms with Crippen LogP contribution in [0, 0.1) is 13.8 Å². The molecule has 3 heterocycles. The molecule has 0 aliphatic carbocycles. The van der Waals surface area contributed by atoms with Gasteiger partial charge in [0.25, 0.3) is 11.8 Å². The van der Waals surface area contributed by atoms with E-state index in [0.29, 0.717) is 40.0 Å². The molecule has 0 unspecified atom stereocenters. The van der Waals surface area contributed by atoms with E-state index in [1.807, 2.05) is 50.8 Å². The minimum atomic E-state index is -0.172. The molecule has 2 N–H and O–H groups in total. The fourth-order valence-electron chi connectivity index (χ4n) is 4.63. The van der Waals surface area contributed by atoms with Gasteiger partial charge in [-0.2, -0.15) is 5.10 Å². The number of nitrogens with zero attached hydrogens (tertiary/aromatic N) is 6. The number of carbonyl (C=O) groups excluding carboxylic acids is 2. The maximum atomic E-state index is 14.0. The summed E-state index contributed by atoms with van der Waals surface area (Å²) in [6.45, 7) is 8.78. The van der Waals surface area contributed by atoms with Crippen LogP contribution in [0.4, 0.5) is 5.69 Å². The molecule has 0 radical (unpaired) electrons. The molecule has 4 aromatic rings. The SMILES string of the molecule is CCn1ncc(CN(C)C(=O)c2cc(-c3ccc(NCCNC)c(C)n3)nc3ccc(C(=O)N(C)C)cc23)c1C. The van der Waals surface area contributed by atoms with Crippen molar-refractivity contribution in [1.29, 1.82) is 0 Å². The Hall–Kier alpha value is -4.31. The van der Waals surface area contributed by atoms with Crippen molar-refractivity contribution in [1.82, 2.24) is 34.9 Å². The number of anilines is 1. The van der Waals surface area contributed by atoms with E-state index in [4.69, 9.17) is 9.97 Å². The van der Waals surface area contributed by atoms with Crippen LogP contribution in [0.5, 0.6) is 0 Å². The van der Waals surface area contributed by atoms with E-state index >= 15 is 0 Å². The summed E-state index contributed by atoms with van der Waals surface area (Å²) in [5.41, 5.74) is 6.65. The summed E-state index contributed by atoms with van der Waals surface area (Å²) in [4.78, 5) is 39.5. The first-order chi connectivity index (χ1) is 19.1. The number of benzene rings is 1. The highest BCUT2D eigenvalue weighted by molar-refractivity contribution is 6.09. The molecule has 1 aromatic carbocycles. The van der Waals surface area contributed by atoms with Crippen molar-refractivity contribution < 1.29 is 9.59 Å². The third-order valence-electron chi connectivity index (χ3n) is 6.99. The highest BCUT2D eigenvalue weighted by atomic mass is 16.2. The molecule has 0 saturated carbocycles. The number of fused-ring (bicyclic) bond motifs is 1. The Morgan fingerprint density at radius 2 is 1.73 bits per heavy atom. The highest BCUT2D eigenvalue weighted by Gasteiger charge is 2.21. The fourth-order valence-corrected chi connectivity index (χ4v) is 4.63. The Labute approximate surface area is 235 Å². The number of hydrogen-bond donors (Lipinski definition) is 2. The lowest BCUT2D eigenvalue weighted by atomic mass is 10.0. The third-order valence-corrected chi connectivity index (χ3v) is 6.99. The zero-order chi connectivity index (χ0) is 29.0. The predicted molar refractivity (Wildman–Crippen MR) is 159 cm³/mol. The van der Waals surface area contributed by atoms with Gasteiger partial charge in [-0.15, -0.1) is 0 Å². The number of aromatic nitrogens is 4. The van der Waals surface area contributed by atoms with E-state index in [2.05, 4.69) is 15.7 Å². The van der Waals surface area contributed by atoms with Crippen LogP contribution in [0.2, 0.25) is 0 Å². The van der Waals surface area contributed by atoms with Gasteiger partial charge < -0.3 is 20.4 Å². The van der Waals surface area contributed by atoms with Crippen LogP contribution in [0.25, 0.3) is 22.3 Å². The van der Waals surface area contributed by atoms with Gasteiger partial charge in [-0.25, -0.2) is 9.97 Å². The van der Waals surface area contributed by atoms with Crippen molar-refractivity contribution in [2.45, 2.75) is 33.9 Å². The molecule has 0 aliphatic rings. The van der Waals surface area contributed by atoms with Crippen LogP contribution in [-0.4, -0.2) is 82.6 Å². The minimum Gasteiger partial charge on any atom is -0.382 e. The van der Waals surface area contributed by atoms with E-state index in [-0.39, 0.29) is 11.8 Å². The third kappa shape index (κ3) is 5.96. The van der Waals surface area contributed by atoms with Crippen molar-refractivity contribution in [2.24, 2.45) is 0 Å². The molecule has 0 aliphatic heterocycles. The molecule has 4 rings (SSSR count). The number of pyridine rings is 2. The molecular weight excluding hydrogens is 504 g/mol. The van der Waals surface area contributed by atoms with Crippen LogP contribution >= 0.6 is 0 Å². The van der Waals surface area contributed by atoms with Gasteiger partial charge in [0, 0.05) is 69.5 Å². The summed E-state index contributed by atoms with van der Waals surface area (Å²) in [6.07, 6.45) is 1.81. The lowest BCUT2D eigenvalue weighted by Gasteiger charge is -2.19. The van der Waals surface area contributed by atoms with Crippen molar-refractivity contribution in [2.75, 3.05) is 46.6 Å². The van der Waals surface area contributed by atoms with Crippen molar-refractivity contribution >= 4 is 28.4 Å². The highest BCUT2D eigenvalue weighted by Crippen LogP contribution is 2.28. The monoisotopic (exact) mass is 542 g/mol. The van der Waals surface area contributed by atoms with Gasteiger partial charge >= 0.3 is 0 Å². The molecule has 3 aromatic heterocycles. The van der Waals surface area contributed by atoms with Gasteiger partial charge in [-0.1, -0.05) is 0 Å². The van der Waals surface area contributed by atoms with Crippen molar-refractivity contribution in [3.63, 3.8) is 0 Å². The van der Waals surface area contributed by atoms with Crippen LogP contribution in [0.3, 0.4) is 0 Å². The fraction of sp³-hybridized carbons (Fsp3) is 0.367. The lowest BCUT2D eigenvalue weighted by Crippen LogP contribution is -2.27. The Morgan fingerprint density at radius 3 is 2.38 bits per heavy atom. The van der Waals surface area contributed by atoms with Crippen LogP contribution < -0.4 is 10.6 Å². The molecule has 10 nitrogen and oxygen atoms in total. The largest absolute Gasteiger partial charge is 0.382 e. The standard InChI is InChI=1S/C30H38N8O2/c1-8-38-20(3)22(17-33-38)18-37(7)30(40)24-16-28(27-12-11-25(19(2)34-27)32-14-13-31-4)35-26-10-9-21(15-23(24)26)29(39)36(5)6/h9-12,15-17,31-32H,8,13-14,18H2,1-7H3. The summed E-state index contributed by atoms with van der Waals surface area (Å²) in [5.74, 6) is -0.312. The number of carbonyl (C=O) groups is 2. The first-order valence-electron chi connectivity index (χ1n) is 13.4. The predicted octanol–water partition coefficient (Wildman–Crippen LogP) is 3.74. The molecule has 0 saturated heterocycles. The molecule has 210 valence electrons. The number of nitrogens with one attached hydrogen (secondary N) is 2. The number of amides is 2. The first kappa shape index (κ1) is 28.7. The van der Waals surface area contributed by atoms with Crippen LogP contribution in [-0.2, 0) is 13.1 Å². The molecule has 10 heteroatoms. The Morgan fingerprint density at radius 1 is 0.950 bits per heavy atom. The number of likely N-dealkylation sites (N-methyl/N-ethyl adjacent to an activating group) is 1. The van der Waals surface area contributed by atoms with E-state index in [1.165, 1.54) is 4.90 Å². The van der Waals surface area contributed by atoms with E-state index < -0.39 is 0 Å². The smallest absolute Gasteiger partial charge is 0.254 e. The van der Waals surface area contributed by atoms with E-state index in [1.54, 1.807) is 50.3 Å². The Balaban J connectivity index is 1.78. The lowest BCUT2D eigenvalue weighted by molar-refractivity contribution is 0.0785. The second kappa shape index (κ2) is 12.3. The maximum Gasteiger partial charge on any atom is 0.254 e. The summed E-state index contributed by atoms with van der Waals surface area (Å²) in [6, 6.07) is 11.0. The topological polar surface area (TPSA) is 108 Å². The summed E-state index contributed by atoms with van der Waals surface area (Å²) in [5, 5.41) is 11.5. The van der Waals surface area contributed by atoms with Crippen LogP contribution in [0.15, 0.2) is 42.6 Å². The zero-order valence-electron chi connectivity index (χ0n) is 24.4. The van der Waals surface area contributed by atoms with E-state index in [0.717, 1.165) is 42.3 Å². The number of rotatable bonds is 10. The summed E-state index contributed by atoms with van der Waals surface area (Å²) in [7, 11) is 7.10. The molecule has 40 heavy (non-hydrogen) atoms. The average Bonchev–Trinajstić information content (AvgIpc) is 3.30. The van der Waals surface area contributed by atoms with Crippen molar-refractivity contribution in [3.05, 3.63) is 70.7 Å². The average molecular weight is 543 g/mol. The van der Waals surface area contributed by atoms with Gasteiger partial charge in [0.1, 0.15) is 0 Å². The van der Waals surface area contributed by atoms with Crippen molar-refractivity contribution in [3.8, 4) is 11.4 Å². The molecule has 0 atom stereocenters. The summed E-state index contributed by atoms with van der Waals surface area (Å²) >= 11 is 0. The van der Waals surface area contributed by atoms with E-state index in [9.17, 15) is 9.59 Å². The Bertz CT molecular complexity index is 1540. The van der Waals surface area contributed by atoms with Gasteiger partial charge in [0.15, 0.2) is 0 Å². The van der Waals surface area contributed by atoms with Crippen LogP contribution in [0.1, 0.15) is 44.6 Å². The molecule has 0 fully saturated rings. The van der Waals surface area contributed by atoms with Gasteiger partial charge in [0.2, 0.25) is 0 Å². The second-order valence-corrected chi connectivity index (χ2v) is 10.1. The zero-order valence-corrected chi connectivity index (χ0v) is 24.4. The Kier molecular flexibility index (Phi) is 8.79. The molecule has 2 amide bonds. The maximum absolute atomic E-state index is 14.0. The second-order valence-electron chi connectivity index (χ2n) is 10.1. The molecule has 0 spiro atoms. The summed E-state index contributed by atoms with van der Waals surface area (Å²) < 4.78 is 1.91. The minimum absolute atomic E-state index is 0.140. The first-order valence-corrected chi connectivity index (χ1v) is 13.4. The number of aryl methyl sites for hydroxylation is 2. The number of hydrogen-bond acceptors (Lipinski definition) is 7. The molecule has 0 bridgehead atoms. The van der Waals surface area contributed by atoms with Gasteiger partial charge in [-0.05, 0) is 64.2 Å².